The van der Waals surface area contributed by atoms with E-state index in [4.69, 9.17) is 0 Å². The van der Waals surface area contributed by atoms with Crippen LogP contribution in [0.3, 0.4) is 0 Å². The van der Waals surface area contributed by atoms with Crippen molar-refractivity contribution in [1.29, 1.82) is 0 Å². The molecule has 0 amide bonds. The summed E-state index contributed by atoms with van der Waals surface area (Å²) in [5.74, 6) is 0.972. The molecule has 0 spiro atoms. The molecule has 0 aliphatic rings. The summed E-state index contributed by atoms with van der Waals surface area (Å²) in [6, 6.07) is 8.52. The van der Waals surface area contributed by atoms with E-state index in [9.17, 15) is 0 Å². The minimum Gasteiger partial charge on any atom is -0.370 e. The smallest absolute Gasteiger partial charge is 0.133 e. The van der Waals surface area contributed by atoms with Crippen molar-refractivity contribution in [1.82, 2.24) is 9.97 Å². The van der Waals surface area contributed by atoms with Gasteiger partial charge in [0, 0.05) is 17.0 Å². The Morgan fingerprint density at radius 2 is 2.05 bits per heavy atom. The first-order chi connectivity index (χ1) is 9.74. The van der Waals surface area contributed by atoms with Crippen molar-refractivity contribution in [2.45, 2.75) is 43.5 Å². The van der Waals surface area contributed by atoms with E-state index in [2.05, 4.69) is 60.3 Å². The molecule has 0 aliphatic heterocycles. The van der Waals surface area contributed by atoms with Crippen molar-refractivity contribution in [2.24, 2.45) is 0 Å². The van der Waals surface area contributed by atoms with Gasteiger partial charge in [0.15, 0.2) is 0 Å². The molecule has 1 heterocycles. The summed E-state index contributed by atoms with van der Waals surface area (Å²) in [6.07, 6.45) is 3.74. The zero-order chi connectivity index (χ0) is 14.4. The molecular formula is C16H21N3S. The average Bonchev–Trinajstić information content (AvgIpc) is 2.43. The van der Waals surface area contributed by atoms with E-state index in [1.165, 1.54) is 16.0 Å². The standard InChI is InChI=1S/C16H21N3S/c1-4-7-14-15(17-5-2)18-11-19-16(14)20-13-9-6-8-12(3)10-13/h6,8-11H,4-5,7H2,1-3H3,(H,17,18,19). The number of anilines is 1. The van der Waals surface area contributed by atoms with Crippen molar-refractivity contribution in [3.05, 3.63) is 41.7 Å². The number of hydrogen-bond donors (Lipinski definition) is 1. The summed E-state index contributed by atoms with van der Waals surface area (Å²) >= 11 is 1.72. The molecule has 0 bridgehead atoms. The number of hydrogen-bond acceptors (Lipinski definition) is 4. The van der Waals surface area contributed by atoms with Crippen molar-refractivity contribution in [3.8, 4) is 0 Å². The van der Waals surface area contributed by atoms with Crippen LogP contribution in [0.2, 0.25) is 0 Å². The van der Waals surface area contributed by atoms with Crippen LogP contribution in [0, 0.1) is 6.92 Å². The Morgan fingerprint density at radius 3 is 2.75 bits per heavy atom. The highest BCUT2D eigenvalue weighted by Crippen LogP contribution is 2.32. The maximum Gasteiger partial charge on any atom is 0.133 e. The molecule has 2 aromatic rings. The topological polar surface area (TPSA) is 37.8 Å². The molecule has 106 valence electrons. The highest BCUT2D eigenvalue weighted by molar-refractivity contribution is 7.99. The van der Waals surface area contributed by atoms with Gasteiger partial charge in [-0.2, -0.15) is 0 Å². The number of benzene rings is 1. The number of rotatable bonds is 6. The lowest BCUT2D eigenvalue weighted by atomic mass is 10.2. The largest absolute Gasteiger partial charge is 0.370 e. The molecule has 1 N–H and O–H groups in total. The lowest BCUT2D eigenvalue weighted by molar-refractivity contribution is 0.855. The molecule has 3 nitrogen and oxygen atoms in total. The van der Waals surface area contributed by atoms with Crippen LogP contribution in [0.5, 0.6) is 0 Å². The quantitative estimate of drug-likeness (QED) is 0.803. The molecule has 0 radical (unpaired) electrons. The van der Waals surface area contributed by atoms with Crippen molar-refractivity contribution >= 4 is 17.6 Å². The molecule has 0 saturated carbocycles. The fourth-order valence-electron chi connectivity index (χ4n) is 2.07. The molecule has 20 heavy (non-hydrogen) atoms. The zero-order valence-electron chi connectivity index (χ0n) is 12.3. The Labute approximate surface area is 125 Å². The second kappa shape index (κ2) is 7.29. The molecule has 0 fully saturated rings. The van der Waals surface area contributed by atoms with Crippen molar-refractivity contribution in [2.75, 3.05) is 11.9 Å². The van der Waals surface area contributed by atoms with Gasteiger partial charge in [0.25, 0.3) is 0 Å². The lowest BCUT2D eigenvalue weighted by Gasteiger charge is -2.12. The van der Waals surface area contributed by atoms with Gasteiger partial charge in [-0.3, -0.25) is 0 Å². The summed E-state index contributed by atoms with van der Waals surface area (Å²) in [6.45, 7) is 7.26. The van der Waals surface area contributed by atoms with Gasteiger partial charge in [-0.05, 0) is 32.4 Å². The van der Waals surface area contributed by atoms with E-state index in [0.717, 1.165) is 30.2 Å². The van der Waals surface area contributed by atoms with Crippen LogP contribution in [0.25, 0.3) is 0 Å². The van der Waals surface area contributed by atoms with Gasteiger partial charge in [-0.25, -0.2) is 9.97 Å². The number of aromatic nitrogens is 2. The molecule has 1 aromatic heterocycles. The fourth-order valence-corrected chi connectivity index (χ4v) is 3.11. The van der Waals surface area contributed by atoms with Gasteiger partial charge in [0.1, 0.15) is 17.2 Å². The van der Waals surface area contributed by atoms with Crippen LogP contribution in [-0.2, 0) is 6.42 Å². The number of nitrogens with zero attached hydrogens (tertiary/aromatic N) is 2. The summed E-state index contributed by atoms with van der Waals surface area (Å²) in [5, 5.41) is 4.39. The molecular weight excluding hydrogens is 266 g/mol. The van der Waals surface area contributed by atoms with Crippen LogP contribution in [0.1, 0.15) is 31.4 Å². The van der Waals surface area contributed by atoms with E-state index < -0.39 is 0 Å². The lowest BCUT2D eigenvalue weighted by Crippen LogP contribution is -2.06. The maximum absolute atomic E-state index is 4.48. The third-order valence-corrected chi connectivity index (χ3v) is 3.99. The minimum absolute atomic E-state index is 0.877. The van der Waals surface area contributed by atoms with Gasteiger partial charge in [0.05, 0.1) is 0 Å². The normalized spacial score (nSPS) is 10.6. The van der Waals surface area contributed by atoms with E-state index in [1.54, 1.807) is 18.1 Å². The van der Waals surface area contributed by atoms with Crippen LogP contribution >= 0.6 is 11.8 Å². The molecule has 0 atom stereocenters. The predicted molar refractivity (Wildman–Crippen MR) is 85.5 cm³/mol. The van der Waals surface area contributed by atoms with E-state index >= 15 is 0 Å². The SMILES string of the molecule is CCCc1c(NCC)ncnc1Sc1cccc(C)c1. The van der Waals surface area contributed by atoms with Gasteiger partial charge in [-0.15, -0.1) is 0 Å². The summed E-state index contributed by atoms with van der Waals surface area (Å²) in [7, 11) is 0. The second-order valence-electron chi connectivity index (χ2n) is 4.70. The van der Waals surface area contributed by atoms with Crippen LogP contribution < -0.4 is 5.32 Å². The Balaban J connectivity index is 2.32. The fraction of sp³-hybridized carbons (Fsp3) is 0.375. The minimum atomic E-state index is 0.877. The Kier molecular flexibility index (Phi) is 5.41. The highest BCUT2D eigenvalue weighted by atomic mass is 32.2. The first-order valence-electron chi connectivity index (χ1n) is 7.06. The summed E-state index contributed by atoms with van der Waals surface area (Å²) in [5.41, 5.74) is 2.50. The van der Waals surface area contributed by atoms with E-state index in [-0.39, 0.29) is 0 Å². The van der Waals surface area contributed by atoms with Gasteiger partial charge >= 0.3 is 0 Å². The maximum atomic E-state index is 4.48. The van der Waals surface area contributed by atoms with Gasteiger partial charge < -0.3 is 5.32 Å². The monoisotopic (exact) mass is 287 g/mol. The van der Waals surface area contributed by atoms with Crippen molar-refractivity contribution < 1.29 is 0 Å². The Bertz CT molecular complexity index is 569. The second-order valence-corrected chi connectivity index (χ2v) is 5.77. The first kappa shape index (κ1) is 14.9. The van der Waals surface area contributed by atoms with E-state index in [1.807, 2.05) is 0 Å². The average molecular weight is 287 g/mol. The molecule has 0 saturated heterocycles. The molecule has 2 rings (SSSR count). The Hall–Kier alpha value is -1.55. The zero-order valence-corrected chi connectivity index (χ0v) is 13.1. The molecule has 0 unspecified atom stereocenters. The molecule has 4 heteroatoms. The number of nitrogens with one attached hydrogen (secondary N) is 1. The van der Waals surface area contributed by atoms with Crippen LogP contribution in [-0.4, -0.2) is 16.5 Å². The first-order valence-corrected chi connectivity index (χ1v) is 7.88. The molecule has 1 aromatic carbocycles. The van der Waals surface area contributed by atoms with Gasteiger partial charge in [0.2, 0.25) is 0 Å². The van der Waals surface area contributed by atoms with E-state index in [0.29, 0.717) is 0 Å². The summed E-state index contributed by atoms with van der Waals surface area (Å²) < 4.78 is 0. The third-order valence-electron chi connectivity index (χ3n) is 2.95. The van der Waals surface area contributed by atoms with Crippen LogP contribution in [0.15, 0.2) is 40.5 Å². The van der Waals surface area contributed by atoms with Crippen molar-refractivity contribution in [3.63, 3.8) is 0 Å². The number of aryl methyl sites for hydroxylation is 1. The third kappa shape index (κ3) is 3.73. The highest BCUT2D eigenvalue weighted by Gasteiger charge is 2.11. The summed E-state index contributed by atoms with van der Waals surface area (Å²) in [4.78, 5) is 10.1. The van der Waals surface area contributed by atoms with Crippen LogP contribution in [0.4, 0.5) is 5.82 Å². The molecule has 0 aliphatic carbocycles. The predicted octanol–water partition coefficient (Wildman–Crippen LogP) is 4.32. The Morgan fingerprint density at radius 1 is 1.20 bits per heavy atom. The van der Waals surface area contributed by atoms with Gasteiger partial charge in [-0.1, -0.05) is 42.8 Å².